The standard InChI is InChI=1S/C7H8.C6H8N2O/c1-7-5-3-2-4-6-7;7-4-6(9)5-2-1-3-8-5/h2-6H,1H3;1-3,8H,4,7H2. The molecule has 0 saturated carbocycles. The van der Waals surface area contributed by atoms with Crippen LogP contribution >= 0.6 is 0 Å². The highest BCUT2D eigenvalue weighted by Crippen LogP contribution is 1.93. The molecule has 0 aliphatic rings. The van der Waals surface area contributed by atoms with Gasteiger partial charge < -0.3 is 10.7 Å². The predicted octanol–water partition coefficient (Wildman–Crippen LogP) is 2.15. The Hall–Kier alpha value is -1.87. The average Bonchev–Trinajstić information content (AvgIpc) is 2.83. The highest BCUT2D eigenvalue weighted by atomic mass is 16.1. The van der Waals surface area contributed by atoms with Crippen LogP contribution in [0.5, 0.6) is 0 Å². The molecule has 0 aliphatic carbocycles. The van der Waals surface area contributed by atoms with Crippen LogP contribution in [0.25, 0.3) is 0 Å². The molecule has 1 aromatic carbocycles. The molecule has 0 fully saturated rings. The van der Waals surface area contributed by atoms with Crippen LogP contribution in [0.15, 0.2) is 48.7 Å². The average molecular weight is 216 g/mol. The lowest BCUT2D eigenvalue weighted by molar-refractivity contribution is 0.0997. The minimum Gasteiger partial charge on any atom is -0.359 e. The number of aromatic nitrogens is 1. The minimum absolute atomic E-state index is 0.0556. The van der Waals surface area contributed by atoms with Crippen LogP contribution in [0.1, 0.15) is 16.1 Å². The van der Waals surface area contributed by atoms with Gasteiger partial charge in [0.25, 0.3) is 0 Å². The van der Waals surface area contributed by atoms with Crippen LogP contribution in [-0.2, 0) is 0 Å². The molecule has 0 amide bonds. The molecular formula is C13H16N2O. The van der Waals surface area contributed by atoms with Gasteiger partial charge in [-0.25, -0.2) is 0 Å². The highest BCUT2D eigenvalue weighted by molar-refractivity contribution is 5.95. The number of aromatic amines is 1. The number of nitrogens with two attached hydrogens (primary N) is 1. The molecule has 1 heterocycles. The maximum atomic E-state index is 10.7. The number of ketones is 1. The van der Waals surface area contributed by atoms with Gasteiger partial charge in [0, 0.05) is 6.20 Å². The summed E-state index contributed by atoms with van der Waals surface area (Å²) < 4.78 is 0. The quantitative estimate of drug-likeness (QED) is 0.756. The first-order valence-electron chi connectivity index (χ1n) is 5.12. The van der Waals surface area contributed by atoms with Crippen molar-refractivity contribution in [1.29, 1.82) is 0 Å². The second-order valence-electron chi connectivity index (χ2n) is 3.37. The Kier molecular flexibility index (Phi) is 5.02. The van der Waals surface area contributed by atoms with E-state index in [4.69, 9.17) is 5.73 Å². The van der Waals surface area contributed by atoms with Gasteiger partial charge in [0.15, 0.2) is 5.78 Å². The number of aryl methyl sites for hydroxylation is 1. The van der Waals surface area contributed by atoms with Crippen LogP contribution in [-0.4, -0.2) is 17.3 Å². The van der Waals surface area contributed by atoms with Crippen molar-refractivity contribution in [1.82, 2.24) is 4.98 Å². The van der Waals surface area contributed by atoms with Crippen molar-refractivity contribution in [3.8, 4) is 0 Å². The zero-order valence-electron chi connectivity index (χ0n) is 9.31. The van der Waals surface area contributed by atoms with Gasteiger partial charge in [-0.3, -0.25) is 4.79 Å². The monoisotopic (exact) mass is 216 g/mol. The number of hydrogen-bond acceptors (Lipinski definition) is 2. The molecule has 3 nitrogen and oxygen atoms in total. The minimum atomic E-state index is -0.0556. The van der Waals surface area contributed by atoms with Crippen molar-refractivity contribution in [2.75, 3.05) is 6.54 Å². The number of benzene rings is 1. The molecular weight excluding hydrogens is 200 g/mol. The van der Waals surface area contributed by atoms with Crippen molar-refractivity contribution >= 4 is 5.78 Å². The van der Waals surface area contributed by atoms with Crippen LogP contribution in [0.3, 0.4) is 0 Å². The summed E-state index contributed by atoms with van der Waals surface area (Å²) in [7, 11) is 0. The first kappa shape index (κ1) is 12.2. The molecule has 0 radical (unpaired) electrons. The van der Waals surface area contributed by atoms with E-state index in [0.717, 1.165) is 0 Å². The fraction of sp³-hybridized carbons (Fsp3) is 0.154. The first-order chi connectivity index (χ1) is 7.74. The van der Waals surface area contributed by atoms with Gasteiger partial charge >= 0.3 is 0 Å². The van der Waals surface area contributed by atoms with Gasteiger partial charge in [0.05, 0.1) is 12.2 Å². The van der Waals surface area contributed by atoms with Crippen molar-refractivity contribution in [3.05, 3.63) is 59.9 Å². The maximum absolute atomic E-state index is 10.7. The van der Waals surface area contributed by atoms with Crippen LogP contribution < -0.4 is 5.73 Å². The van der Waals surface area contributed by atoms with Crippen LogP contribution in [0, 0.1) is 6.92 Å². The van der Waals surface area contributed by atoms with E-state index in [0.29, 0.717) is 5.69 Å². The van der Waals surface area contributed by atoms with E-state index in [1.165, 1.54) is 5.56 Å². The number of carbonyl (C=O) groups excluding carboxylic acids is 1. The lowest BCUT2D eigenvalue weighted by Gasteiger charge is -1.88. The second-order valence-corrected chi connectivity index (χ2v) is 3.37. The highest BCUT2D eigenvalue weighted by Gasteiger charge is 2.00. The molecule has 0 spiro atoms. The fourth-order valence-electron chi connectivity index (χ4n) is 1.15. The summed E-state index contributed by atoms with van der Waals surface area (Å²) >= 11 is 0. The normalized spacial score (nSPS) is 9.12. The zero-order valence-corrected chi connectivity index (χ0v) is 9.31. The van der Waals surface area contributed by atoms with E-state index in [9.17, 15) is 4.79 Å². The maximum Gasteiger partial charge on any atom is 0.192 e. The van der Waals surface area contributed by atoms with E-state index in [-0.39, 0.29) is 12.3 Å². The SMILES string of the molecule is Cc1ccccc1.NCC(=O)c1ccc[nH]1. The van der Waals surface area contributed by atoms with Gasteiger partial charge in [0.1, 0.15) is 0 Å². The molecule has 0 unspecified atom stereocenters. The molecule has 0 bridgehead atoms. The first-order valence-corrected chi connectivity index (χ1v) is 5.12. The number of hydrogen-bond donors (Lipinski definition) is 2. The van der Waals surface area contributed by atoms with Crippen molar-refractivity contribution in [3.63, 3.8) is 0 Å². The summed E-state index contributed by atoms with van der Waals surface area (Å²) in [5, 5.41) is 0. The molecule has 3 heteroatoms. The van der Waals surface area contributed by atoms with Crippen molar-refractivity contribution < 1.29 is 4.79 Å². The molecule has 0 aliphatic heterocycles. The number of carbonyl (C=O) groups is 1. The molecule has 0 saturated heterocycles. The summed E-state index contributed by atoms with van der Waals surface area (Å²) in [5.41, 5.74) is 7.00. The van der Waals surface area contributed by atoms with E-state index >= 15 is 0 Å². The summed E-state index contributed by atoms with van der Waals surface area (Å²) in [5.74, 6) is -0.0556. The topological polar surface area (TPSA) is 58.9 Å². The third-order valence-electron chi connectivity index (χ3n) is 2.02. The Morgan fingerprint density at radius 2 is 1.88 bits per heavy atom. The van der Waals surface area contributed by atoms with E-state index in [1.807, 2.05) is 18.2 Å². The Labute approximate surface area is 95.3 Å². The van der Waals surface area contributed by atoms with Crippen molar-refractivity contribution in [2.45, 2.75) is 6.92 Å². The Morgan fingerprint density at radius 3 is 2.25 bits per heavy atom. The molecule has 0 atom stereocenters. The number of rotatable bonds is 2. The Balaban J connectivity index is 0.000000165. The van der Waals surface area contributed by atoms with E-state index in [1.54, 1.807) is 18.3 Å². The lowest BCUT2D eigenvalue weighted by Crippen LogP contribution is -2.13. The van der Waals surface area contributed by atoms with Gasteiger partial charge in [-0.15, -0.1) is 0 Å². The second kappa shape index (κ2) is 6.58. The van der Waals surface area contributed by atoms with E-state index in [2.05, 4.69) is 24.0 Å². The van der Waals surface area contributed by atoms with Gasteiger partial charge in [-0.1, -0.05) is 35.9 Å². The largest absolute Gasteiger partial charge is 0.359 e. The van der Waals surface area contributed by atoms with Gasteiger partial charge in [0.2, 0.25) is 0 Å². The summed E-state index contributed by atoms with van der Waals surface area (Å²) in [6, 6.07) is 13.7. The smallest absolute Gasteiger partial charge is 0.192 e. The lowest BCUT2D eigenvalue weighted by atomic mass is 10.2. The third-order valence-corrected chi connectivity index (χ3v) is 2.02. The van der Waals surface area contributed by atoms with Crippen LogP contribution in [0.2, 0.25) is 0 Å². The summed E-state index contributed by atoms with van der Waals surface area (Å²) in [6.45, 7) is 2.15. The Morgan fingerprint density at radius 1 is 1.19 bits per heavy atom. The number of Topliss-reactive ketones (excluding diaryl/α,β-unsaturated/α-hetero) is 1. The van der Waals surface area contributed by atoms with Gasteiger partial charge in [-0.05, 0) is 19.1 Å². The molecule has 3 N–H and O–H groups in total. The van der Waals surface area contributed by atoms with Crippen LogP contribution in [0.4, 0.5) is 0 Å². The molecule has 2 rings (SSSR count). The van der Waals surface area contributed by atoms with Crippen molar-refractivity contribution in [2.24, 2.45) is 5.73 Å². The molecule has 2 aromatic rings. The van der Waals surface area contributed by atoms with E-state index < -0.39 is 0 Å². The number of H-pyrrole nitrogens is 1. The molecule has 1 aromatic heterocycles. The number of nitrogens with one attached hydrogen (secondary N) is 1. The zero-order chi connectivity index (χ0) is 11.8. The summed E-state index contributed by atoms with van der Waals surface area (Å²) in [4.78, 5) is 13.5. The fourth-order valence-corrected chi connectivity index (χ4v) is 1.15. The Bertz CT molecular complexity index is 407. The third kappa shape index (κ3) is 4.11. The molecule has 84 valence electrons. The molecule has 16 heavy (non-hydrogen) atoms. The van der Waals surface area contributed by atoms with Gasteiger partial charge in [-0.2, -0.15) is 0 Å². The predicted molar refractivity (Wildman–Crippen MR) is 65.4 cm³/mol. The summed E-state index contributed by atoms with van der Waals surface area (Å²) in [6.07, 6.45) is 1.70.